The van der Waals surface area contributed by atoms with Crippen LogP contribution in [0.25, 0.3) is 5.65 Å². The number of hydrogen-bond acceptors (Lipinski definition) is 5. The van der Waals surface area contributed by atoms with Gasteiger partial charge in [-0.3, -0.25) is 18.8 Å². The lowest BCUT2D eigenvalue weighted by Crippen LogP contribution is -2.34. The number of hydrogen-bond donors (Lipinski definition) is 1. The summed E-state index contributed by atoms with van der Waals surface area (Å²) < 4.78 is 27.1. The average Bonchev–Trinajstić information content (AvgIpc) is 3.14. The molecule has 0 radical (unpaired) electrons. The van der Waals surface area contributed by atoms with Crippen LogP contribution in [0.5, 0.6) is 0 Å². The number of fused-ring (bicyclic) bond motifs is 2. The number of benzene rings is 1. The minimum Gasteiger partial charge on any atom is -0.290 e. The largest absolute Gasteiger partial charge is 0.290 e. The Kier molecular flexibility index (Phi) is 3.69. The molecule has 2 aromatic heterocycles. The molecule has 1 unspecified atom stereocenters. The van der Waals surface area contributed by atoms with Crippen LogP contribution in [0.1, 0.15) is 22.8 Å². The lowest BCUT2D eigenvalue weighted by Gasteiger charge is -2.21. The predicted octanol–water partition coefficient (Wildman–Crippen LogP) is 1.69. The molecule has 1 amide bonds. The van der Waals surface area contributed by atoms with Crippen molar-refractivity contribution in [1.29, 1.82) is 0 Å². The molecule has 0 aliphatic carbocycles. The van der Waals surface area contributed by atoms with E-state index in [2.05, 4.69) is 15.5 Å². The Morgan fingerprint density at radius 3 is 2.81 bits per heavy atom. The van der Waals surface area contributed by atoms with Crippen LogP contribution >= 0.6 is 0 Å². The number of rotatable bonds is 3. The van der Waals surface area contributed by atoms with E-state index in [1.54, 1.807) is 34.9 Å². The fraction of sp³-hybridized carbons (Fsp3) is 0.235. The monoisotopic (exact) mass is 371 g/mol. The lowest BCUT2D eigenvalue weighted by atomic mass is 10.1. The highest BCUT2D eigenvalue weighted by atomic mass is 32.2. The van der Waals surface area contributed by atoms with Gasteiger partial charge in [-0.1, -0.05) is 6.07 Å². The Morgan fingerprint density at radius 2 is 2.04 bits per heavy atom. The molecule has 3 aromatic rings. The van der Waals surface area contributed by atoms with E-state index in [-0.39, 0.29) is 11.9 Å². The number of carbonyl (C=O) groups is 1. The molecule has 1 aliphatic heterocycles. The van der Waals surface area contributed by atoms with Gasteiger partial charge in [0.05, 0.1) is 11.9 Å². The smallest absolute Gasteiger partial charge is 0.258 e. The Hall–Kier alpha value is -2.94. The summed E-state index contributed by atoms with van der Waals surface area (Å²) in [5.41, 5.74) is 2.54. The van der Waals surface area contributed by atoms with E-state index in [0.717, 1.165) is 5.56 Å². The van der Waals surface area contributed by atoms with Gasteiger partial charge in [0.2, 0.25) is 16.0 Å². The molecular weight excluding hydrogens is 354 g/mol. The molecule has 26 heavy (non-hydrogen) atoms. The second kappa shape index (κ2) is 5.80. The van der Waals surface area contributed by atoms with Crippen LogP contribution in [0.15, 0.2) is 42.6 Å². The van der Waals surface area contributed by atoms with Crippen molar-refractivity contribution in [2.24, 2.45) is 0 Å². The number of nitrogens with one attached hydrogen (secondary N) is 1. The van der Waals surface area contributed by atoms with Crippen molar-refractivity contribution in [3.05, 3.63) is 53.7 Å². The highest BCUT2D eigenvalue weighted by molar-refractivity contribution is 7.92. The van der Waals surface area contributed by atoms with Crippen molar-refractivity contribution in [2.45, 2.75) is 19.4 Å². The van der Waals surface area contributed by atoms with E-state index < -0.39 is 10.0 Å². The van der Waals surface area contributed by atoms with E-state index in [4.69, 9.17) is 0 Å². The molecule has 4 rings (SSSR count). The van der Waals surface area contributed by atoms with E-state index in [9.17, 15) is 13.2 Å². The van der Waals surface area contributed by atoms with Gasteiger partial charge in [0, 0.05) is 17.8 Å². The molecule has 134 valence electrons. The van der Waals surface area contributed by atoms with Gasteiger partial charge in [0.25, 0.3) is 5.91 Å². The van der Waals surface area contributed by atoms with Gasteiger partial charge in [-0.05, 0) is 49.2 Å². The SMILES string of the molecule is CC1Cc2cc(C(=O)Nc3nnc4ccccn34)ccc2N1S(C)(=O)=O. The minimum atomic E-state index is -3.35. The van der Waals surface area contributed by atoms with Crippen LogP contribution in [0, 0.1) is 0 Å². The Morgan fingerprint density at radius 1 is 1.23 bits per heavy atom. The third-order valence-electron chi connectivity index (χ3n) is 4.39. The standard InChI is InChI=1S/C17H17N5O3S/c1-11-9-13-10-12(6-7-14(13)22(11)26(2,24)25)16(23)18-17-20-19-15-5-3-4-8-21(15)17/h3-8,10-11H,9H2,1-2H3,(H,18,20,23). The predicted molar refractivity (Wildman–Crippen MR) is 97.9 cm³/mol. The lowest BCUT2D eigenvalue weighted by molar-refractivity contribution is 0.102. The summed E-state index contributed by atoms with van der Waals surface area (Å²) in [5, 5.41) is 10.7. The number of nitrogens with zero attached hydrogens (tertiary/aromatic N) is 4. The molecule has 1 N–H and O–H groups in total. The number of sulfonamides is 1. The molecule has 1 aromatic carbocycles. The molecule has 0 saturated carbocycles. The first kappa shape index (κ1) is 16.5. The first-order chi connectivity index (χ1) is 12.3. The van der Waals surface area contributed by atoms with Gasteiger partial charge < -0.3 is 0 Å². The normalized spacial score (nSPS) is 16.7. The second-order valence-corrected chi connectivity index (χ2v) is 8.22. The highest BCUT2D eigenvalue weighted by Crippen LogP contribution is 2.34. The summed E-state index contributed by atoms with van der Waals surface area (Å²) in [6, 6.07) is 10.3. The van der Waals surface area contributed by atoms with Crippen molar-refractivity contribution in [3.8, 4) is 0 Å². The number of anilines is 2. The van der Waals surface area contributed by atoms with Crippen LogP contribution in [-0.4, -0.2) is 41.2 Å². The first-order valence-electron chi connectivity index (χ1n) is 8.08. The van der Waals surface area contributed by atoms with Crippen LogP contribution in [0.3, 0.4) is 0 Å². The van der Waals surface area contributed by atoms with E-state index in [1.807, 2.05) is 19.1 Å². The number of pyridine rings is 1. The summed E-state index contributed by atoms with van der Waals surface area (Å²) >= 11 is 0. The van der Waals surface area contributed by atoms with Crippen LogP contribution in [0.2, 0.25) is 0 Å². The van der Waals surface area contributed by atoms with Crippen molar-refractivity contribution in [2.75, 3.05) is 15.9 Å². The first-order valence-corrected chi connectivity index (χ1v) is 9.93. The molecular formula is C17H17N5O3S. The zero-order valence-electron chi connectivity index (χ0n) is 14.2. The Balaban J connectivity index is 1.63. The summed E-state index contributed by atoms with van der Waals surface area (Å²) in [4.78, 5) is 12.6. The van der Waals surface area contributed by atoms with Crippen molar-refractivity contribution < 1.29 is 13.2 Å². The summed E-state index contributed by atoms with van der Waals surface area (Å²) in [6.45, 7) is 1.85. The molecule has 1 atom stereocenters. The molecule has 3 heterocycles. The van der Waals surface area contributed by atoms with Crippen molar-refractivity contribution >= 4 is 33.2 Å². The van der Waals surface area contributed by atoms with E-state index >= 15 is 0 Å². The number of carbonyl (C=O) groups excluding carboxylic acids is 1. The van der Waals surface area contributed by atoms with Crippen LogP contribution in [-0.2, 0) is 16.4 Å². The van der Waals surface area contributed by atoms with Gasteiger partial charge in [0.15, 0.2) is 5.65 Å². The summed E-state index contributed by atoms with van der Waals surface area (Å²) in [7, 11) is -3.35. The number of aromatic nitrogens is 3. The Labute approximate surface area is 150 Å². The van der Waals surface area contributed by atoms with Gasteiger partial charge in [-0.15, -0.1) is 10.2 Å². The zero-order chi connectivity index (χ0) is 18.5. The molecule has 8 nitrogen and oxygen atoms in total. The third kappa shape index (κ3) is 2.70. The maximum absolute atomic E-state index is 12.6. The van der Waals surface area contributed by atoms with E-state index in [1.165, 1.54) is 10.6 Å². The second-order valence-electron chi connectivity index (χ2n) is 6.36. The molecule has 9 heteroatoms. The van der Waals surface area contributed by atoms with Crippen LogP contribution < -0.4 is 9.62 Å². The quantitative estimate of drug-likeness (QED) is 0.756. The molecule has 0 spiro atoms. The van der Waals surface area contributed by atoms with Crippen molar-refractivity contribution in [1.82, 2.24) is 14.6 Å². The van der Waals surface area contributed by atoms with Crippen LogP contribution in [0.4, 0.5) is 11.6 Å². The highest BCUT2D eigenvalue weighted by Gasteiger charge is 2.32. The van der Waals surface area contributed by atoms with Gasteiger partial charge >= 0.3 is 0 Å². The Bertz CT molecular complexity index is 1120. The molecule has 0 fully saturated rings. The van der Waals surface area contributed by atoms with Crippen molar-refractivity contribution in [3.63, 3.8) is 0 Å². The molecule has 0 saturated heterocycles. The summed E-state index contributed by atoms with van der Waals surface area (Å²) in [6.07, 6.45) is 3.52. The third-order valence-corrected chi connectivity index (χ3v) is 5.66. The van der Waals surface area contributed by atoms with Gasteiger partial charge in [0.1, 0.15) is 0 Å². The zero-order valence-corrected chi connectivity index (χ0v) is 15.1. The topological polar surface area (TPSA) is 96.7 Å². The fourth-order valence-electron chi connectivity index (χ4n) is 3.35. The maximum Gasteiger partial charge on any atom is 0.258 e. The van der Waals surface area contributed by atoms with Gasteiger partial charge in [-0.25, -0.2) is 8.42 Å². The maximum atomic E-state index is 12.6. The molecule has 1 aliphatic rings. The van der Waals surface area contributed by atoms with E-state index in [0.29, 0.717) is 29.3 Å². The van der Waals surface area contributed by atoms with Gasteiger partial charge in [-0.2, -0.15) is 0 Å². The number of amides is 1. The molecule has 0 bridgehead atoms. The minimum absolute atomic E-state index is 0.168. The average molecular weight is 371 g/mol. The fourth-order valence-corrected chi connectivity index (χ4v) is 4.61. The summed E-state index contributed by atoms with van der Waals surface area (Å²) in [5.74, 6) is 0.00800.